The minimum atomic E-state index is 0.808. The Labute approximate surface area is 288 Å². The lowest BCUT2D eigenvalue weighted by atomic mass is 9.94. The van der Waals surface area contributed by atoms with Crippen molar-refractivity contribution in [3.05, 3.63) is 176 Å². The minimum Gasteiger partial charge on any atom is -0.456 e. The molecule has 0 amide bonds. The second kappa shape index (κ2) is 11.5. The Morgan fingerprint density at radius 1 is 0.280 bits per heavy atom. The number of rotatable bonds is 5. The van der Waals surface area contributed by atoms with Gasteiger partial charge in [0.05, 0.1) is 0 Å². The van der Waals surface area contributed by atoms with E-state index >= 15 is 0 Å². The summed E-state index contributed by atoms with van der Waals surface area (Å²) in [5.74, 6) is 0. The third kappa shape index (κ3) is 4.87. The zero-order valence-corrected chi connectivity index (χ0v) is 27.0. The van der Waals surface area contributed by atoms with Gasteiger partial charge in [0.1, 0.15) is 22.3 Å². The first kappa shape index (κ1) is 28.3. The fraction of sp³-hybridized carbons (Fsp3) is 0. The zero-order valence-electron chi connectivity index (χ0n) is 27.0. The first-order chi connectivity index (χ1) is 24.7. The third-order valence-electron chi connectivity index (χ3n) is 9.72. The average molecular weight is 640 g/mol. The highest BCUT2D eigenvalue weighted by Crippen LogP contribution is 2.36. The molecule has 10 rings (SSSR count). The quantitative estimate of drug-likeness (QED) is 0.188. The maximum absolute atomic E-state index is 6.07. The Kier molecular flexibility index (Phi) is 6.49. The van der Waals surface area contributed by atoms with Crippen LogP contribution in [0, 0.1) is 0 Å². The largest absolute Gasteiger partial charge is 0.456 e. The molecule has 0 atom stereocenters. The van der Waals surface area contributed by atoms with Gasteiger partial charge in [-0.25, -0.2) is 0 Å². The van der Waals surface area contributed by atoms with Crippen molar-refractivity contribution in [1.82, 2.24) is 4.98 Å². The molecule has 0 spiro atoms. The van der Waals surface area contributed by atoms with Crippen molar-refractivity contribution in [2.75, 3.05) is 0 Å². The fourth-order valence-corrected chi connectivity index (χ4v) is 7.20. The molecule has 0 aliphatic heterocycles. The van der Waals surface area contributed by atoms with Crippen LogP contribution in [0.2, 0.25) is 0 Å². The smallest absolute Gasteiger partial charge is 0.153 e. The summed E-state index contributed by atoms with van der Waals surface area (Å²) in [5, 5.41) is 3.31. The van der Waals surface area contributed by atoms with Gasteiger partial charge in [0.2, 0.25) is 0 Å². The Balaban J connectivity index is 0.968. The van der Waals surface area contributed by atoms with Gasteiger partial charge in [0.25, 0.3) is 0 Å². The molecular formula is C47H29NO2. The minimum absolute atomic E-state index is 0.808. The Bertz CT molecular complexity index is 2690. The van der Waals surface area contributed by atoms with Crippen LogP contribution in [0.1, 0.15) is 0 Å². The molecule has 3 heteroatoms. The summed E-state index contributed by atoms with van der Waals surface area (Å²) in [7, 11) is 0. The molecule has 0 radical (unpaired) electrons. The van der Waals surface area contributed by atoms with E-state index in [9.17, 15) is 0 Å². The van der Waals surface area contributed by atoms with Crippen LogP contribution in [0.15, 0.2) is 185 Å². The normalized spacial score (nSPS) is 11.6. The number of furan rings is 2. The number of benzene rings is 7. The molecule has 0 aliphatic rings. The highest BCUT2D eigenvalue weighted by atomic mass is 16.3. The Morgan fingerprint density at radius 2 is 0.680 bits per heavy atom. The first-order valence-electron chi connectivity index (χ1n) is 16.8. The fourth-order valence-electron chi connectivity index (χ4n) is 7.20. The van der Waals surface area contributed by atoms with Crippen LogP contribution in [0.4, 0.5) is 0 Å². The lowest BCUT2D eigenvalue weighted by molar-refractivity contribution is 0.668. The number of nitrogens with zero attached hydrogens (tertiary/aromatic N) is 1. The van der Waals surface area contributed by atoms with E-state index in [1.807, 2.05) is 36.5 Å². The molecular weight excluding hydrogens is 611 g/mol. The Morgan fingerprint density at radius 3 is 1.22 bits per heavy atom. The standard InChI is InChI=1S/C47H29NO2/c1-2-17-43-40(16-1)41-28-38(19-21-44(41)49-43)36-14-5-12-34(26-36)32-10-3-8-30(24-32)31-9-4-11-33(25-31)35-13-6-15-37(27-35)39-20-22-45-42(29-39)47-46(50-45)18-7-23-48-47/h1-29H. The molecule has 0 fully saturated rings. The highest BCUT2D eigenvalue weighted by Gasteiger charge is 2.12. The molecule has 0 aliphatic carbocycles. The number of hydrogen-bond donors (Lipinski definition) is 0. The van der Waals surface area contributed by atoms with Crippen molar-refractivity contribution >= 4 is 44.0 Å². The van der Waals surface area contributed by atoms with E-state index in [-0.39, 0.29) is 0 Å². The van der Waals surface area contributed by atoms with Gasteiger partial charge in [-0.05, 0) is 122 Å². The van der Waals surface area contributed by atoms with Gasteiger partial charge < -0.3 is 8.83 Å². The van der Waals surface area contributed by atoms with Crippen molar-refractivity contribution in [2.45, 2.75) is 0 Å². The average Bonchev–Trinajstić information content (AvgIpc) is 3.76. The molecule has 50 heavy (non-hydrogen) atoms. The second-order valence-electron chi connectivity index (χ2n) is 12.8. The van der Waals surface area contributed by atoms with E-state index in [1.54, 1.807) is 0 Å². The van der Waals surface area contributed by atoms with Crippen LogP contribution in [0.25, 0.3) is 99.6 Å². The van der Waals surface area contributed by atoms with Crippen LogP contribution in [-0.2, 0) is 0 Å². The molecule has 234 valence electrons. The van der Waals surface area contributed by atoms with E-state index in [0.717, 1.165) is 55.1 Å². The second-order valence-corrected chi connectivity index (χ2v) is 12.8. The predicted molar refractivity (Wildman–Crippen MR) is 206 cm³/mol. The maximum Gasteiger partial charge on any atom is 0.153 e. The summed E-state index contributed by atoms with van der Waals surface area (Å²) >= 11 is 0. The summed E-state index contributed by atoms with van der Waals surface area (Å²) in [6.07, 6.45) is 1.81. The van der Waals surface area contributed by atoms with Crippen LogP contribution < -0.4 is 0 Å². The lowest BCUT2D eigenvalue weighted by Crippen LogP contribution is -1.85. The van der Waals surface area contributed by atoms with Gasteiger partial charge in [-0.15, -0.1) is 0 Å². The van der Waals surface area contributed by atoms with Gasteiger partial charge in [0, 0.05) is 22.4 Å². The topological polar surface area (TPSA) is 39.2 Å². The molecule has 3 aromatic heterocycles. The summed E-state index contributed by atoms with van der Waals surface area (Å²) in [5.41, 5.74) is 16.1. The predicted octanol–water partition coefficient (Wildman–Crippen LogP) is 13.2. The SMILES string of the molecule is c1cc(-c2cccc(-c3cccc(-c4ccc5oc6cccnc6c5c4)c3)c2)cc(-c2cccc(-c3ccc4oc5ccccc5c4c3)c2)c1. The molecule has 0 saturated carbocycles. The third-order valence-corrected chi connectivity index (χ3v) is 9.72. The van der Waals surface area contributed by atoms with E-state index in [0.29, 0.717) is 0 Å². The molecule has 0 saturated heterocycles. The zero-order chi connectivity index (χ0) is 33.0. The van der Waals surface area contributed by atoms with Crippen LogP contribution in [-0.4, -0.2) is 4.98 Å². The van der Waals surface area contributed by atoms with Crippen LogP contribution in [0.3, 0.4) is 0 Å². The molecule has 7 aromatic carbocycles. The van der Waals surface area contributed by atoms with E-state index in [1.165, 1.54) is 44.5 Å². The van der Waals surface area contributed by atoms with Gasteiger partial charge in [-0.2, -0.15) is 0 Å². The van der Waals surface area contributed by atoms with Gasteiger partial charge in [-0.3, -0.25) is 4.98 Å². The Hall–Kier alpha value is -6.71. The lowest BCUT2D eigenvalue weighted by Gasteiger charge is -2.11. The van der Waals surface area contributed by atoms with Crippen molar-refractivity contribution in [1.29, 1.82) is 0 Å². The summed E-state index contributed by atoms with van der Waals surface area (Å²) in [4.78, 5) is 4.57. The maximum atomic E-state index is 6.07. The highest BCUT2D eigenvalue weighted by molar-refractivity contribution is 6.06. The summed E-state index contributed by atoms with van der Waals surface area (Å²) < 4.78 is 12.1. The number of fused-ring (bicyclic) bond motifs is 6. The summed E-state index contributed by atoms with van der Waals surface area (Å²) in [6.45, 7) is 0. The summed E-state index contributed by atoms with van der Waals surface area (Å²) in [6, 6.07) is 60.1. The van der Waals surface area contributed by atoms with Crippen molar-refractivity contribution in [3.63, 3.8) is 0 Å². The van der Waals surface area contributed by atoms with Crippen molar-refractivity contribution < 1.29 is 8.83 Å². The molecule has 10 aromatic rings. The van der Waals surface area contributed by atoms with Gasteiger partial charge in [0.15, 0.2) is 5.58 Å². The van der Waals surface area contributed by atoms with Crippen LogP contribution in [0.5, 0.6) is 0 Å². The number of hydrogen-bond acceptors (Lipinski definition) is 3. The number of para-hydroxylation sites is 1. The van der Waals surface area contributed by atoms with Crippen LogP contribution >= 0.6 is 0 Å². The van der Waals surface area contributed by atoms with E-state index < -0.39 is 0 Å². The molecule has 3 heterocycles. The molecule has 0 unspecified atom stereocenters. The van der Waals surface area contributed by atoms with E-state index in [4.69, 9.17) is 8.83 Å². The van der Waals surface area contributed by atoms with Crippen molar-refractivity contribution in [2.24, 2.45) is 0 Å². The first-order valence-corrected chi connectivity index (χ1v) is 16.8. The number of pyridine rings is 1. The van der Waals surface area contributed by atoms with Crippen molar-refractivity contribution in [3.8, 4) is 55.6 Å². The van der Waals surface area contributed by atoms with Gasteiger partial charge in [-0.1, -0.05) is 103 Å². The monoisotopic (exact) mass is 639 g/mol. The van der Waals surface area contributed by atoms with Gasteiger partial charge >= 0.3 is 0 Å². The molecule has 0 N–H and O–H groups in total. The molecule has 3 nitrogen and oxygen atoms in total. The molecule has 0 bridgehead atoms. The number of aromatic nitrogens is 1. The van der Waals surface area contributed by atoms with E-state index in [2.05, 4.69) is 145 Å².